The van der Waals surface area contributed by atoms with Crippen LogP contribution in [0.1, 0.15) is 44.1 Å². The van der Waals surface area contributed by atoms with Gasteiger partial charge in [0.1, 0.15) is 0 Å². The Labute approximate surface area is 122 Å². The summed E-state index contributed by atoms with van der Waals surface area (Å²) in [5, 5.41) is 2.10. The van der Waals surface area contributed by atoms with Gasteiger partial charge in [0, 0.05) is 20.0 Å². The van der Waals surface area contributed by atoms with Crippen LogP contribution in [0.3, 0.4) is 0 Å². The van der Waals surface area contributed by atoms with Gasteiger partial charge in [0.2, 0.25) is 5.91 Å². The molecule has 1 amide bonds. The number of halogens is 1. The minimum atomic E-state index is 0.282. The minimum absolute atomic E-state index is 0.282. The molecule has 0 unspecified atom stereocenters. The van der Waals surface area contributed by atoms with E-state index in [0.29, 0.717) is 6.42 Å². The third kappa shape index (κ3) is 4.09. The summed E-state index contributed by atoms with van der Waals surface area (Å²) in [6.07, 6.45) is 7.17. The Balaban J connectivity index is 1.74. The van der Waals surface area contributed by atoms with E-state index in [2.05, 4.69) is 27.4 Å². The number of hydrogen-bond acceptors (Lipinski definition) is 2. The summed E-state index contributed by atoms with van der Waals surface area (Å²) >= 11 is 5.12. The number of amides is 1. The molecule has 2 rings (SSSR count). The van der Waals surface area contributed by atoms with E-state index in [1.54, 1.807) is 11.3 Å². The molecule has 1 aromatic heterocycles. The molecule has 0 atom stereocenters. The van der Waals surface area contributed by atoms with Gasteiger partial charge in [0.15, 0.2) is 0 Å². The van der Waals surface area contributed by atoms with Crippen LogP contribution in [0.4, 0.5) is 0 Å². The highest BCUT2D eigenvalue weighted by Gasteiger charge is 2.17. The van der Waals surface area contributed by atoms with Crippen LogP contribution in [-0.4, -0.2) is 17.9 Å². The van der Waals surface area contributed by atoms with Gasteiger partial charge < -0.3 is 4.90 Å². The molecule has 1 aliphatic rings. The van der Waals surface area contributed by atoms with E-state index in [4.69, 9.17) is 0 Å². The molecule has 0 spiro atoms. The molecule has 2 nitrogen and oxygen atoms in total. The van der Waals surface area contributed by atoms with Crippen molar-refractivity contribution in [1.82, 2.24) is 4.90 Å². The van der Waals surface area contributed by atoms with Gasteiger partial charge in [0.05, 0.1) is 3.79 Å². The van der Waals surface area contributed by atoms with Crippen LogP contribution < -0.4 is 0 Å². The van der Waals surface area contributed by atoms with Crippen molar-refractivity contribution in [3.05, 3.63) is 20.8 Å². The zero-order valence-electron chi connectivity index (χ0n) is 10.8. The Hall–Kier alpha value is -0.350. The van der Waals surface area contributed by atoms with Crippen molar-refractivity contribution >= 4 is 33.2 Å². The molecule has 0 radical (unpaired) electrons. The summed E-state index contributed by atoms with van der Waals surface area (Å²) in [6, 6.07) is 2.09. The number of carbonyl (C=O) groups excluding carboxylic acids is 1. The number of nitrogens with zero attached hydrogens (tertiary/aromatic N) is 1. The monoisotopic (exact) mass is 329 g/mol. The van der Waals surface area contributed by atoms with Crippen LogP contribution in [0, 0.1) is 5.92 Å². The average Bonchev–Trinajstić information content (AvgIpc) is 2.97. The van der Waals surface area contributed by atoms with E-state index >= 15 is 0 Å². The number of hydrogen-bond donors (Lipinski definition) is 0. The van der Waals surface area contributed by atoms with Crippen molar-refractivity contribution in [3.8, 4) is 0 Å². The Bertz CT molecular complexity index is 398. The minimum Gasteiger partial charge on any atom is -0.341 e. The first-order chi connectivity index (χ1) is 8.65. The van der Waals surface area contributed by atoms with Gasteiger partial charge >= 0.3 is 0 Å². The van der Waals surface area contributed by atoms with Crippen molar-refractivity contribution in [1.29, 1.82) is 0 Å². The Kier molecular flexibility index (Phi) is 5.25. The fourth-order valence-corrected chi connectivity index (χ4v) is 3.81. The number of rotatable bonds is 5. The largest absolute Gasteiger partial charge is 0.341 e. The van der Waals surface area contributed by atoms with Gasteiger partial charge in [-0.05, 0) is 45.3 Å². The predicted molar refractivity (Wildman–Crippen MR) is 79.7 cm³/mol. The van der Waals surface area contributed by atoms with E-state index in [-0.39, 0.29) is 5.91 Å². The molecule has 4 heteroatoms. The second-order valence-corrected chi connectivity index (χ2v) is 7.49. The molecule has 1 saturated carbocycles. The first kappa shape index (κ1) is 14.1. The predicted octanol–water partition coefficient (Wildman–Crippen LogP) is 4.44. The molecule has 100 valence electrons. The lowest BCUT2D eigenvalue weighted by Gasteiger charge is -2.17. The van der Waals surface area contributed by atoms with Gasteiger partial charge in [-0.15, -0.1) is 11.3 Å². The molecule has 18 heavy (non-hydrogen) atoms. The van der Waals surface area contributed by atoms with Crippen LogP contribution >= 0.6 is 27.3 Å². The van der Waals surface area contributed by atoms with Gasteiger partial charge in [-0.25, -0.2) is 0 Å². The Morgan fingerprint density at radius 1 is 1.50 bits per heavy atom. The smallest absolute Gasteiger partial charge is 0.222 e. The zero-order valence-corrected chi connectivity index (χ0v) is 13.2. The van der Waals surface area contributed by atoms with Crippen molar-refractivity contribution < 1.29 is 4.79 Å². The van der Waals surface area contributed by atoms with E-state index in [0.717, 1.165) is 22.7 Å². The fraction of sp³-hybridized carbons (Fsp3) is 0.643. The van der Waals surface area contributed by atoms with Crippen LogP contribution in [0.2, 0.25) is 0 Å². The van der Waals surface area contributed by atoms with Gasteiger partial charge in [0.25, 0.3) is 0 Å². The zero-order chi connectivity index (χ0) is 13.0. The maximum atomic E-state index is 12.0. The highest BCUT2D eigenvalue weighted by Crippen LogP contribution is 2.28. The third-order valence-electron chi connectivity index (χ3n) is 3.71. The Morgan fingerprint density at radius 2 is 2.22 bits per heavy atom. The highest BCUT2D eigenvalue weighted by atomic mass is 79.9. The lowest BCUT2D eigenvalue weighted by Crippen LogP contribution is -2.26. The normalized spacial score (nSPS) is 16.1. The molecule has 0 aromatic carbocycles. The summed E-state index contributed by atoms with van der Waals surface area (Å²) < 4.78 is 1.13. The Morgan fingerprint density at radius 3 is 2.83 bits per heavy atom. The summed E-state index contributed by atoms with van der Waals surface area (Å²) in [4.78, 5) is 13.9. The van der Waals surface area contributed by atoms with Gasteiger partial charge in [-0.2, -0.15) is 0 Å². The average molecular weight is 330 g/mol. The van der Waals surface area contributed by atoms with E-state index in [9.17, 15) is 4.79 Å². The third-order valence-corrected chi connectivity index (χ3v) is 5.26. The number of thiophene rings is 1. The van der Waals surface area contributed by atoms with Crippen LogP contribution in [0.5, 0.6) is 0 Å². The molecule has 1 heterocycles. The van der Waals surface area contributed by atoms with Crippen LogP contribution in [0.15, 0.2) is 15.2 Å². The molecule has 0 bridgehead atoms. The molecule has 1 aliphatic carbocycles. The summed E-state index contributed by atoms with van der Waals surface area (Å²) in [7, 11) is 1.91. The SMILES string of the molecule is CN(Cc1csc(Br)c1)C(=O)CCC1CCCC1. The summed E-state index contributed by atoms with van der Waals surface area (Å²) in [5.41, 5.74) is 1.21. The lowest BCUT2D eigenvalue weighted by atomic mass is 10.0. The number of carbonyl (C=O) groups is 1. The second-order valence-electron chi connectivity index (χ2n) is 5.20. The molecular formula is C14H20BrNOS. The highest BCUT2D eigenvalue weighted by molar-refractivity contribution is 9.11. The van der Waals surface area contributed by atoms with Crippen molar-refractivity contribution in [2.45, 2.75) is 45.1 Å². The maximum absolute atomic E-state index is 12.0. The molecule has 0 N–H and O–H groups in total. The lowest BCUT2D eigenvalue weighted by molar-refractivity contribution is -0.130. The van der Waals surface area contributed by atoms with Crippen molar-refractivity contribution in [2.24, 2.45) is 5.92 Å². The van der Waals surface area contributed by atoms with Crippen molar-refractivity contribution in [3.63, 3.8) is 0 Å². The standard InChI is InChI=1S/C14H20BrNOS/c1-16(9-12-8-13(15)18-10-12)14(17)7-6-11-4-2-3-5-11/h8,10-11H,2-7,9H2,1H3. The maximum Gasteiger partial charge on any atom is 0.222 e. The second kappa shape index (κ2) is 6.71. The molecule has 0 saturated heterocycles. The first-order valence-electron chi connectivity index (χ1n) is 6.62. The van der Waals surface area contributed by atoms with Crippen molar-refractivity contribution in [2.75, 3.05) is 7.05 Å². The van der Waals surface area contributed by atoms with E-state index < -0.39 is 0 Å². The van der Waals surface area contributed by atoms with Crippen LogP contribution in [-0.2, 0) is 11.3 Å². The topological polar surface area (TPSA) is 20.3 Å². The molecule has 1 aromatic rings. The fourth-order valence-electron chi connectivity index (χ4n) is 2.61. The van der Waals surface area contributed by atoms with Crippen LogP contribution in [0.25, 0.3) is 0 Å². The van der Waals surface area contributed by atoms with E-state index in [1.807, 2.05) is 11.9 Å². The van der Waals surface area contributed by atoms with Gasteiger partial charge in [-0.3, -0.25) is 4.79 Å². The van der Waals surface area contributed by atoms with E-state index in [1.165, 1.54) is 31.2 Å². The molecule has 0 aliphatic heterocycles. The summed E-state index contributed by atoms with van der Waals surface area (Å²) in [6.45, 7) is 0.728. The first-order valence-corrected chi connectivity index (χ1v) is 8.29. The van der Waals surface area contributed by atoms with Gasteiger partial charge in [-0.1, -0.05) is 25.7 Å². The molecular weight excluding hydrogens is 310 g/mol. The summed E-state index contributed by atoms with van der Waals surface area (Å²) in [5.74, 6) is 1.09. The quantitative estimate of drug-likeness (QED) is 0.782. The molecule has 1 fully saturated rings.